The maximum atomic E-state index is 11.3. The molecule has 0 heterocycles. The minimum absolute atomic E-state index is 0.263. The van der Waals surface area contributed by atoms with E-state index in [0.717, 1.165) is 25.7 Å². The van der Waals surface area contributed by atoms with Gasteiger partial charge >= 0.3 is 5.97 Å². The van der Waals surface area contributed by atoms with Crippen LogP contribution in [0.2, 0.25) is 0 Å². The molecule has 0 amide bonds. The fourth-order valence-electron chi connectivity index (χ4n) is 2.69. The predicted octanol–water partition coefficient (Wildman–Crippen LogP) is 5.49. The van der Waals surface area contributed by atoms with Crippen LogP contribution < -0.4 is 4.74 Å². The molecule has 0 radical (unpaired) electrons. The summed E-state index contributed by atoms with van der Waals surface area (Å²) in [5.41, 5.74) is 1.44. The fourth-order valence-corrected chi connectivity index (χ4v) is 2.69. The third kappa shape index (κ3) is 5.70. The van der Waals surface area contributed by atoms with Gasteiger partial charge < -0.3 is 9.84 Å². The topological polar surface area (TPSA) is 46.5 Å². The molecule has 1 aromatic carbocycles. The Bertz CT molecular complexity index is 462. The Morgan fingerprint density at radius 2 is 1.86 bits per heavy atom. The first kappa shape index (κ1) is 18.5. The molecule has 0 saturated heterocycles. The van der Waals surface area contributed by atoms with Crippen LogP contribution >= 0.6 is 0 Å². The molecule has 0 bridgehead atoms. The molecule has 0 unspecified atom stereocenters. The summed E-state index contributed by atoms with van der Waals surface area (Å²) in [5.74, 6) is 0.758. The number of ether oxygens (including phenoxy) is 1. The summed E-state index contributed by atoms with van der Waals surface area (Å²) in [4.78, 5) is 11.3. The van der Waals surface area contributed by atoms with Crippen molar-refractivity contribution in [3.8, 4) is 5.75 Å². The Hall–Kier alpha value is -1.51. The van der Waals surface area contributed by atoms with Crippen molar-refractivity contribution in [1.29, 1.82) is 0 Å². The highest BCUT2D eigenvalue weighted by Crippen LogP contribution is 2.29. The van der Waals surface area contributed by atoms with E-state index in [1.807, 2.05) is 12.1 Å². The molecule has 0 fully saturated rings. The molecule has 3 nitrogen and oxygen atoms in total. The number of carboxylic acids is 1. The van der Waals surface area contributed by atoms with Crippen LogP contribution in [0.4, 0.5) is 0 Å². The van der Waals surface area contributed by atoms with E-state index in [-0.39, 0.29) is 5.56 Å². The molecule has 0 aromatic heterocycles. The van der Waals surface area contributed by atoms with Crippen LogP contribution in [0, 0.1) is 5.92 Å². The van der Waals surface area contributed by atoms with Gasteiger partial charge in [-0.2, -0.15) is 0 Å². The van der Waals surface area contributed by atoms with Crippen molar-refractivity contribution >= 4 is 5.97 Å². The summed E-state index contributed by atoms with van der Waals surface area (Å²) < 4.78 is 5.78. The summed E-state index contributed by atoms with van der Waals surface area (Å²) in [6.45, 7) is 9.32. The van der Waals surface area contributed by atoms with Gasteiger partial charge in [-0.05, 0) is 55.2 Å². The van der Waals surface area contributed by atoms with Gasteiger partial charge in [0.05, 0.1) is 6.61 Å². The highest BCUT2D eigenvalue weighted by Gasteiger charge is 2.15. The van der Waals surface area contributed by atoms with Crippen molar-refractivity contribution in [3.05, 3.63) is 29.3 Å². The molecule has 0 aliphatic carbocycles. The lowest BCUT2D eigenvalue weighted by atomic mass is 9.93. The van der Waals surface area contributed by atoms with Gasteiger partial charge in [0.2, 0.25) is 0 Å². The third-order valence-corrected chi connectivity index (χ3v) is 4.13. The van der Waals surface area contributed by atoms with E-state index in [4.69, 9.17) is 4.74 Å². The SMILES string of the molecule is CCC(CC)c1ccc(C(=O)O)c(OCCCCC(C)C)c1. The summed E-state index contributed by atoms with van der Waals surface area (Å²) in [6, 6.07) is 5.52. The Kier molecular flexibility index (Phi) is 8.00. The van der Waals surface area contributed by atoms with Crippen LogP contribution in [-0.2, 0) is 0 Å². The zero-order valence-electron chi connectivity index (χ0n) is 14.4. The van der Waals surface area contributed by atoms with Gasteiger partial charge in [-0.25, -0.2) is 4.79 Å². The predicted molar refractivity (Wildman–Crippen MR) is 90.9 cm³/mol. The number of benzene rings is 1. The molecular formula is C19H30O3. The van der Waals surface area contributed by atoms with Crippen molar-refractivity contribution < 1.29 is 14.6 Å². The minimum Gasteiger partial charge on any atom is -0.493 e. The molecule has 0 aliphatic rings. The van der Waals surface area contributed by atoms with Crippen LogP contribution in [0.1, 0.15) is 81.6 Å². The maximum absolute atomic E-state index is 11.3. The standard InChI is InChI=1S/C19H30O3/c1-5-15(6-2)16-10-11-17(19(20)21)18(13-16)22-12-8-7-9-14(3)4/h10-11,13-15H,5-9,12H2,1-4H3,(H,20,21). The van der Waals surface area contributed by atoms with E-state index in [1.165, 1.54) is 12.0 Å². The third-order valence-electron chi connectivity index (χ3n) is 4.13. The average molecular weight is 306 g/mol. The minimum atomic E-state index is -0.923. The molecule has 3 heteroatoms. The molecule has 22 heavy (non-hydrogen) atoms. The lowest BCUT2D eigenvalue weighted by molar-refractivity contribution is 0.0692. The monoisotopic (exact) mass is 306 g/mol. The Morgan fingerprint density at radius 1 is 1.18 bits per heavy atom. The quantitative estimate of drug-likeness (QED) is 0.581. The number of unbranched alkanes of at least 4 members (excludes halogenated alkanes) is 1. The van der Waals surface area contributed by atoms with Crippen LogP contribution in [0.5, 0.6) is 5.75 Å². The zero-order chi connectivity index (χ0) is 16.5. The van der Waals surface area contributed by atoms with Crippen molar-refractivity contribution in [3.63, 3.8) is 0 Å². The van der Waals surface area contributed by atoms with E-state index in [9.17, 15) is 9.90 Å². The number of carboxylic acid groups (broad SMARTS) is 1. The molecule has 1 aromatic rings. The lowest BCUT2D eigenvalue weighted by Gasteiger charge is -2.16. The van der Waals surface area contributed by atoms with Gasteiger partial charge in [0.1, 0.15) is 11.3 Å². The van der Waals surface area contributed by atoms with Crippen molar-refractivity contribution in [2.75, 3.05) is 6.61 Å². The van der Waals surface area contributed by atoms with E-state index in [2.05, 4.69) is 27.7 Å². The highest BCUT2D eigenvalue weighted by molar-refractivity contribution is 5.91. The van der Waals surface area contributed by atoms with Crippen LogP contribution in [0.15, 0.2) is 18.2 Å². The molecule has 0 saturated carbocycles. The van der Waals surface area contributed by atoms with Crippen LogP contribution in [0.3, 0.4) is 0 Å². The van der Waals surface area contributed by atoms with Crippen molar-refractivity contribution in [2.45, 2.75) is 65.7 Å². The Labute approximate surface area is 134 Å². The second-order valence-electron chi connectivity index (χ2n) is 6.31. The Morgan fingerprint density at radius 3 is 2.41 bits per heavy atom. The van der Waals surface area contributed by atoms with E-state index >= 15 is 0 Å². The Balaban J connectivity index is 2.76. The van der Waals surface area contributed by atoms with Crippen molar-refractivity contribution in [1.82, 2.24) is 0 Å². The molecular weight excluding hydrogens is 276 g/mol. The molecule has 1 N–H and O–H groups in total. The molecule has 124 valence electrons. The maximum Gasteiger partial charge on any atom is 0.339 e. The van der Waals surface area contributed by atoms with Gasteiger partial charge in [0.15, 0.2) is 0 Å². The molecule has 0 spiro atoms. The zero-order valence-corrected chi connectivity index (χ0v) is 14.4. The van der Waals surface area contributed by atoms with E-state index in [1.54, 1.807) is 6.07 Å². The number of hydrogen-bond acceptors (Lipinski definition) is 2. The number of aromatic carboxylic acids is 1. The van der Waals surface area contributed by atoms with Gasteiger partial charge in [-0.1, -0.05) is 40.2 Å². The molecule has 0 aliphatic heterocycles. The van der Waals surface area contributed by atoms with Crippen LogP contribution in [-0.4, -0.2) is 17.7 Å². The second kappa shape index (κ2) is 9.50. The summed E-state index contributed by atoms with van der Waals surface area (Å²) in [6.07, 6.45) is 5.37. The number of rotatable bonds is 10. The second-order valence-corrected chi connectivity index (χ2v) is 6.31. The molecule has 0 atom stereocenters. The van der Waals surface area contributed by atoms with Crippen LogP contribution in [0.25, 0.3) is 0 Å². The van der Waals surface area contributed by atoms with Gasteiger partial charge in [-0.15, -0.1) is 0 Å². The smallest absolute Gasteiger partial charge is 0.339 e. The largest absolute Gasteiger partial charge is 0.493 e. The van der Waals surface area contributed by atoms with Gasteiger partial charge in [-0.3, -0.25) is 0 Å². The van der Waals surface area contributed by atoms with Gasteiger partial charge in [0.25, 0.3) is 0 Å². The summed E-state index contributed by atoms with van der Waals surface area (Å²) >= 11 is 0. The highest BCUT2D eigenvalue weighted by atomic mass is 16.5. The summed E-state index contributed by atoms with van der Waals surface area (Å²) in [5, 5.41) is 9.31. The molecule has 1 rings (SSSR count). The summed E-state index contributed by atoms with van der Waals surface area (Å²) in [7, 11) is 0. The average Bonchev–Trinajstić information content (AvgIpc) is 2.47. The first-order valence-corrected chi connectivity index (χ1v) is 8.49. The van der Waals surface area contributed by atoms with E-state index in [0.29, 0.717) is 24.2 Å². The fraction of sp³-hybridized carbons (Fsp3) is 0.632. The normalized spacial score (nSPS) is 11.2. The van der Waals surface area contributed by atoms with E-state index < -0.39 is 5.97 Å². The van der Waals surface area contributed by atoms with Gasteiger partial charge in [0, 0.05) is 0 Å². The van der Waals surface area contributed by atoms with Crippen molar-refractivity contribution in [2.24, 2.45) is 5.92 Å². The first-order chi connectivity index (χ1) is 10.5. The number of hydrogen-bond donors (Lipinski definition) is 1. The number of carbonyl (C=O) groups is 1. The lowest BCUT2D eigenvalue weighted by Crippen LogP contribution is -2.06. The first-order valence-electron chi connectivity index (χ1n) is 8.49.